The summed E-state index contributed by atoms with van der Waals surface area (Å²) >= 11 is 3.22. The smallest absolute Gasteiger partial charge is 0.339 e. The lowest BCUT2D eigenvalue weighted by Gasteiger charge is -2.14. The van der Waals surface area contributed by atoms with Gasteiger partial charge < -0.3 is 8.92 Å². The normalized spacial score (nSPS) is 11.1. The van der Waals surface area contributed by atoms with Gasteiger partial charge in [-0.1, -0.05) is 17.7 Å². The zero-order chi connectivity index (χ0) is 17.0. The monoisotopic (exact) mass is 398 g/mol. The van der Waals surface area contributed by atoms with Gasteiger partial charge in [-0.3, -0.25) is 4.79 Å². The maximum atomic E-state index is 12.4. The van der Waals surface area contributed by atoms with Crippen molar-refractivity contribution in [3.05, 3.63) is 52.0 Å². The summed E-state index contributed by atoms with van der Waals surface area (Å²) in [5.41, 5.74) is 1.29. The first kappa shape index (κ1) is 17.5. The molecular formula is C16H15BrO5S. The molecule has 0 amide bonds. The van der Waals surface area contributed by atoms with Gasteiger partial charge in [0.15, 0.2) is 11.5 Å². The number of hydrogen-bond acceptors (Lipinski definition) is 5. The zero-order valence-electron chi connectivity index (χ0n) is 12.6. The number of aryl methyl sites for hydroxylation is 1. The molecule has 0 aliphatic heterocycles. The second kappa shape index (κ2) is 7.14. The Morgan fingerprint density at radius 3 is 2.39 bits per heavy atom. The number of ether oxygens (including phenoxy) is 1. The molecule has 0 spiro atoms. The summed E-state index contributed by atoms with van der Waals surface area (Å²) in [7, 11) is -4.01. The first-order chi connectivity index (χ1) is 10.9. The third kappa shape index (κ3) is 4.11. The highest BCUT2D eigenvalue weighted by molar-refractivity contribution is 9.10. The average Bonchev–Trinajstić information content (AvgIpc) is 2.51. The Bertz CT molecular complexity index is 813. The van der Waals surface area contributed by atoms with Gasteiger partial charge >= 0.3 is 10.1 Å². The van der Waals surface area contributed by atoms with Crippen LogP contribution in [0.5, 0.6) is 11.5 Å². The van der Waals surface area contributed by atoms with Crippen LogP contribution in [0.15, 0.2) is 45.8 Å². The van der Waals surface area contributed by atoms with Gasteiger partial charge in [-0.2, -0.15) is 8.42 Å². The van der Waals surface area contributed by atoms with Crippen molar-refractivity contribution in [3.8, 4) is 11.5 Å². The minimum Gasteiger partial charge on any atom is -0.490 e. The summed E-state index contributed by atoms with van der Waals surface area (Å²) in [5, 5.41) is 0. The summed E-state index contributed by atoms with van der Waals surface area (Å²) in [6.07, 6.45) is 0.644. The summed E-state index contributed by atoms with van der Waals surface area (Å²) in [6.45, 7) is 3.91. The molecule has 0 aliphatic rings. The topological polar surface area (TPSA) is 69.7 Å². The molecule has 0 radical (unpaired) electrons. The lowest BCUT2D eigenvalue weighted by Crippen LogP contribution is -2.11. The molecule has 122 valence electrons. The fourth-order valence-electron chi connectivity index (χ4n) is 1.86. The molecule has 0 N–H and O–H groups in total. The fraction of sp³-hybridized carbons (Fsp3) is 0.188. The van der Waals surface area contributed by atoms with Gasteiger partial charge in [-0.05, 0) is 54.0 Å². The van der Waals surface area contributed by atoms with Crippen LogP contribution in [-0.4, -0.2) is 21.3 Å². The summed E-state index contributed by atoms with van der Waals surface area (Å²) < 4.78 is 35.7. The molecule has 0 heterocycles. The maximum absolute atomic E-state index is 12.4. The molecule has 0 fully saturated rings. The Labute approximate surface area is 143 Å². The van der Waals surface area contributed by atoms with Crippen LogP contribution in [-0.2, 0) is 10.1 Å². The Kier molecular flexibility index (Phi) is 5.43. The molecule has 0 atom stereocenters. The van der Waals surface area contributed by atoms with Crippen molar-refractivity contribution in [3.63, 3.8) is 0 Å². The standard InChI is InChI=1S/C16H15BrO5S/c1-3-21-15-9-12(10-18)8-14(17)16(15)22-23(19,20)13-6-4-11(2)5-7-13/h4-10H,3H2,1-2H3. The fourth-order valence-corrected chi connectivity index (χ4v) is 3.47. The number of halogens is 1. The third-order valence-electron chi connectivity index (χ3n) is 2.97. The molecule has 7 heteroatoms. The van der Waals surface area contributed by atoms with Crippen molar-refractivity contribution in [2.45, 2.75) is 18.7 Å². The Hall–Kier alpha value is -1.86. The molecule has 0 saturated heterocycles. The Balaban J connectivity index is 2.45. The first-order valence-electron chi connectivity index (χ1n) is 6.80. The van der Waals surface area contributed by atoms with Crippen molar-refractivity contribution in [2.75, 3.05) is 6.61 Å². The average molecular weight is 399 g/mol. The molecule has 2 aromatic rings. The van der Waals surface area contributed by atoms with E-state index in [2.05, 4.69) is 15.9 Å². The first-order valence-corrected chi connectivity index (χ1v) is 9.00. The number of carbonyl (C=O) groups is 1. The molecule has 0 unspecified atom stereocenters. The minimum absolute atomic E-state index is 0.0121. The quantitative estimate of drug-likeness (QED) is 0.547. The SMILES string of the molecule is CCOc1cc(C=O)cc(Br)c1OS(=O)(=O)c1ccc(C)cc1. The van der Waals surface area contributed by atoms with Crippen LogP contribution >= 0.6 is 15.9 Å². The van der Waals surface area contributed by atoms with Gasteiger partial charge in [0, 0.05) is 5.56 Å². The second-order valence-corrected chi connectivity index (χ2v) is 7.13. The second-order valence-electron chi connectivity index (χ2n) is 4.73. The van der Waals surface area contributed by atoms with Crippen LogP contribution in [0.2, 0.25) is 0 Å². The Morgan fingerprint density at radius 2 is 1.83 bits per heavy atom. The number of rotatable bonds is 6. The summed E-state index contributed by atoms with van der Waals surface area (Å²) in [4.78, 5) is 11.0. The van der Waals surface area contributed by atoms with E-state index >= 15 is 0 Å². The van der Waals surface area contributed by atoms with Crippen molar-refractivity contribution >= 4 is 32.3 Å². The van der Waals surface area contributed by atoms with Gasteiger partial charge in [0.25, 0.3) is 0 Å². The van der Waals surface area contributed by atoms with Crippen LogP contribution < -0.4 is 8.92 Å². The molecule has 5 nitrogen and oxygen atoms in total. The largest absolute Gasteiger partial charge is 0.490 e. The van der Waals surface area contributed by atoms with E-state index in [-0.39, 0.29) is 16.4 Å². The highest BCUT2D eigenvalue weighted by atomic mass is 79.9. The van der Waals surface area contributed by atoms with E-state index in [1.807, 2.05) is 6.92 Å². The van der Waals surface area contributed by atoms with Gasteiger partial charge in [0.05, 0.1) is 11.1 Å². The predicted octanol–water partition coefficient (Wildman–Crippen LogP) is 3.74. The third-order valence-corrected chi connectivity index (χ3v) is 4.80. The number of hydrogen-bond donors (Lipinski definition) is 0. The molecular weight excluding hydrogens is 384 g/mol. The molecule has 0 aliphatic carbocycles. The van der Waals surface area contributed by atoms with Gasteiger partial charge in [-0.25, -0.2) is 0 Å². The molecule has 23 heavy (non-hydrogen) atoms. The van der Waals surface area contributed by atoms with E-state index in [0.717, 1.165) is 5.56 Å². The van der Waals surface area contributed by atoms with Crippen LogP contribution in [0, 0.1) is 6.92 Å². The highest BCUT2D eigenvalue weighted by Crippen LogP contribution is 2.38. The van der Waals surface area contributed by atoms with Crippen molar-refractivity contribution in [2.24, 2.45) is 0 Å². The van der Waals surface area contributed by atoms with Gasteiger partial charge in [-0.15, -0.1) is 0 Å². The summed E-state index contributed by atoms with van der Waals surface area (Å²) in [5.74, 6) is 0.192. The maximum Gasteiger partial charge on any atom is 0.339 e. The van der Waals surface area contributed by atoms with Crippen LogP contribution in [0.1, 0.15) is 22.8 Å². The Morgan fingerprint density at radius 1 is 1.17 bits per heavy atom. The lowest BCUT2D eigenvalue weighted by atomic mass is 10.2. The van der Waals surface area contributed by atoms with Gasteiger partial charge in [0.2, 0.25) is 0 Å². The van der Waals surface area contributed by atoms with Crippen LogP contribution in [0.25, 0.3) is 0 Å². The van der Waals surface area contributed by atoms with Crippen molar-refractivity contribution in [1.29, 1.82) is 0 Å². The highest BCUT2D eigenvalue weighted by Gasteiger charge is 2.22. The van der Waals surface area contributed by atoms with Crippen LogP contribution in [0.4, 0.5) is 0 Å². The molecule has 0 aromatic heterocycles. The van der Waals surface area contributed by atoms with E-state index in [1.54, 1.807) is 19.1 Å². The lowest BCUT2D eigenvalue weighted by molar-refractivity contribution is 0.112. The molecule has 0 bridgehead atoms. The van der Waals surface area contributed by atoms with E-state index < -0.39 is 10.1 Å². The molecule has 2 aromatic carbocycles. The van der Waals surface area contributed by atoms with Crippen LogP contribution in [0.3, 0.4) is 0 Å². The zero-order valence-corrected chi connectivity index (χ0v) is 15.0. The predicted molar refractivity (Wildman–Crippen MR) is 89.7 cm³/mol. The van der Waals surface area contributed by atoms with E-state index in [0.29, 0.717) is 22.9 Å². The summed E-state index contributed by atoms with van der Waals surface area (Å²) in [6, 6.07) is 9.21. The number of aldehydes is 1. The van der Waals surface area contributed by atoms with E-state index in [1.165, 1.54) is 24.3 Å². The van der Waals surface area contributed by atoms with E-state index in [4.69, 9.17) is 8.92 Å². The molecule has 2 rings (SSSR count). The number of benzene rings is 2. The van der Waals surface area contributed by atoms with Crippen molar-refractivity contribution < 1.29 is 22.1 Å². The van der Waals surface area contributed by atoms with E-state index in [9.17, 15) is 13.2 Å². The van der Waals surface area contributed by atoms with Crippen molar-refractivity contribution in [1.82, 2.24) is 0 Å². The number of carbonyl (C=O) groups excluding carboxylic acids is 1. The molecule has 0 saturated carbocycles. The minimum atomic E-state index is -4.01. The van der Waals surface area contributed by atoms with Gasteiger partial charge in [0.1, 0.15) is 11.2 Å².